The highest BCUT2D eigenvalue weighted by atomic mass is 16.2. The molecular formula is C16H30N4O2. The van der Waals surface area contributed by atoms with Gasteiger partial charge in [-0.2, -0.15) is 0 Å². The van der Waals surface area contributed by atoms with Gasteiger partial charge < -0.3 is 10.6 Å². The Hall–Kier alpha value is -1.14. The quantitative estimate of drug-likeness (QED) is 0.667. The predicted octanol–water partition coefficient (Wildman–Crippen LogP) is 1.52. The van der Waals surface area contributed by atoms with E-state index in [0.29, 0.717) is 19.5 Å². The summed E-state index contributed by atoms with van der Waals surface area (Å²) in [7, 11) is 0. The molecule has 6 nitrogen and oxygen atoms in total. The summed E-state index contributed by atoms with van der Waals surface area (Å²) in [4.78, 5) is 28.7. The second kappa shape index (κ2) is 7.92. The lowest BCUT2D eigenvalue weighted by Crippen LogP contribution is -2.54. The molecule has 22 heavy (non-hydrogen) atoms. The average molecular weight is 310 g/mol. The second-order valence-electron chi connectivity index (χ2n) is 6.46. The van der Waals surface area contributed by atoms with Crippen LogP contribution in [0.5, 0.6) is 0 Å². The fourth-order valence-corrected chi connectivity index (χ4v) is 3.21. The molecule has 0 aromatic heterocycles. The predicted molar refractivity (Wildman–Crippen MR) is 86.5 cm³/mol. The SMILES string of the molecule is CCCCN(CCCC)CN1C(=O)NC2(CCNCC2)C1=O. The number of urea groups is 1. The van der Waals surface area contributed by atoms with Crippen molar-refractivity contribution in [2.24, 2.45) is 0 Å². The van der Waals surface area contributed by atoms with Crippen LogP contribution in [0.2, 0.25) is 0 Å². The molecule has 2 rings (SSSR count). The molecule has 0 bridgehead atoms. The smallest absolute Gasteiger partial charge is 0.323 e. The minimum absolute atomic E-state index is 0.0306. The zero-order chi connectivity index (χ0) is 16.0. The van der Waals surface area contributed by atoms with Crippen molar-refractivity contribution in [1.29, 1.82) is 0 Å². The first-order valence-electron chi connectivity index (χ1n) is 8.70. The zero-order valence-corrected chi connectivity index (χ0v) is 14.0. The van der Waals surface area contributed by atoms with E-state index in [9.17, 15) is 9.59 Å². The first-order valence-corrected chi connectivity index (χ1v) is 8.70. The van der Waals surface area contributed by atoms with Crippen LogP contribution < -0.4 is 10.6 Å². The van der Waals surface area contributed by atoms with Gasteiger partial charge in [-0.05, 0) is 51.9 Å². The number of hydrogen-bond acceptors (Lipinski definition) is 4. The number of amides is 3. The van der Waals surface area contributed by atoms with Crippen LogP contribution >= 0.6 is 0 Å². The summed E-state index contributed by atoms with van der Waals surface area (Å²) in [6.07, 6.45) is 5.83. The number of carbonyl (C=O) groups is 2. The van der Waals surface area contributed by atoms with E-state index in [2.05, 4.69) is 29.4 Å². The van der Waals surface area contributed by atoms with E-state index in [1.54, 1.807) is 0 Å². The molecule has 0 unspecified atom stereocenters. The fraction of sp³-hybridized carbons (Fsp3) is 0.875. The highest BCUT2D eigenvalue weighted by Gasteiger charge is 2.51. The van der Waals surface area contributed by atoms with Gasteiger partial charge in [0.1, 0.15) is 5.54 Å². The van der Waals surface area contributed by atoms with Gasteiger partial charge >= 0.3 is 6.03 Å². The maximum atomic E-state index is 12.8. The van der Waals surface area contributed by atoms with Gasteiger partial charge in [-0.3, -0.25) is 9.69 Å². The van der Waals surface area contributed by atoms with Crippen molar-refractivity contribution in [2.45, 2.75) is 57.9 Å². The first-order chi connectivity index (χ1) is 10.6. The third kappa shape index (κ3) is 3.79. The van der Waals surface area contributed by atoms with Gasteiger partial charge in [0.15, 0.2) is 0 Å². The third-order valence-electron chi connectivity index (χ3n) is 4.70. The highest BCUT2D eigenvalue weighted by molar-refractivity contribution is 6.07. The van der Waals surface area contributed by atoms with Gasteiger partial charge in [0.25, 0.3) is 5.91 Å². The lowest BCUT2D eigenvalue weighted by molar-refractivity contribution is -0.133. The molecule has 0 aromatic carbocycles. The van der Waals surface area contributed by atoms with E-state index in [4.69, 9.17) is 0 Å². The Balaban J connectivity index is 1.99. The summed E-state index contributed by atoms with van der Waals surface area (Å²) in [6, 6.07) is -0.218. The molecule has 126 valence electrons. The number of nitrogens with one attached hydrogen (secondary N) is 2. The first kappa shape index (κ1) is 17.2. The van der Waals surface area contributed by atoms with E-state index >= 15 is 0 Å². The standard InChI is InChI=1S/C16H30N4O2/c1-3-5-11-19(12-6-4-2)13-20-14(21)16(18-15(20)22)7-9-17-10-8-16/h17H,3-13H2,1-2H3,(H,18,22). The number of hydrogen-bond donors (Lipinski definition) is 2. The molecular weight excluding hydrogens is 280 g/mol. The van der Waals surface area contributed by atoms with Gasteiger partial charge in [-0.15, -0.1) is 0 Å². The van der Waals surface area contributed by atoms with Crippen molar-refractivity contribution in [1.82, 2.24) is 20.4 Å². The monoisotopic (exact) mass is 310 g/mol. The molecule has 0 radical (unpaired) electrons. The summed E-state index contributed by atoms with van der Waals surface area (Å²) in [6.45, 7) is 8.22. The molecule has 2 N–H and O–H groups in total. The minimum atomic E-state index is -0.649. The second-order valence-corrected chi connectivity index (χ2v) is 6.46. The molecule has 2 heterocycles. The molecule has 2 saturated heterocycles. The van der Waals surface area contributed by atoms with E-state index in [-0.39, 0.29) is 11.9 Å². The molecule has 2 aliphatic heterocycles. The number of nitrogens with zero attached hydrogens (tertiary/aromatic N) is 2. The van der Waals surface area contributed by atoms with E-state index < -0.39 is 5.54 Å². The van der Waals surface area contributed by atoms with Crippen LogP contribution in [-0.4, -0.2) is 60.1 Å². The van der Waals surface area contributed by atoms with E-state index in [0.717, 1.165) is 51.9 Å². The average Bonchev–Trinajstić information content (AvgIpc) is 2.74. The molecule has 3 amide bonds. The van der Waals surface area contributed by atoms with Crippen molar-refractivity contribution in [3.8, 4) is 0 Å². The number of unbranched alkanes of at least 4 members (excludes halogenated alkanes) is 2. The normalized spacial score (nSPS) is 21.0. The largest absolute Gasteiger partial charge is 0.326 e. The van der Waals surface area contributed by atoms with E-state index in [1.807, 2.05) is 0 Å². The fourth-order valence-electron chi connectivity index (χ4n) is 3.21. The molecule has 1 spiro atoms. The van der Waals surface area contributed by atoms with Crippen molar-refractivity contribution in [2.75, 3.05) is 32.8 Å². The summed E-state index contributed by atoms with van der Waals surface area (Å²) in [5.41, 5.74) is -0.649. The van der Waals surface area contributed by atoms with Gasteiger partial charge in [0.2, 0.25) is 0 Å². The lowest BCUT2D eigenvalue weighted by atomic mass is 9.88. The minimum Gasteiger partial charge on any atom is -0.323 e. The van der Waals surface area contributed by atoms with Crippen molar-refractivity contribution >= 4 is 11.9 Å². The van der Waals surface area contributed by atoms with Crippen LogP contribution in [0.1, 0.15) is 52.4 Å². The Morgan fingerprint density at radius 2 is 1.68 bits per heavy atom. The molecule has 2 fully saturated rings. The number of carbonyl (C=O) groups excluding carboxylic acids is 2. The van der Waals surface area contributed by atoms with Crippen LogP contribution in [-0.2, 0) is 4.79 Å². The highest BCUT2D eigenvalue weighted by Crippen LogP contribution is 2.27. The Kier molecular flexibility index (Phi) is 6.20. The maximum Gasteiger partial charge on any atom is 0.326 e. The zero-order valence-electron chi connectivity index (χ0n) is 14.0. The maximum absolute atomic E-state index is 12.8. The Morgan fingerprint density at radius 1 is 1.09 bits per heavy atom. The van der Waals surface area contributed by atoms with Crippen LogP contribution in [0.3, 0.4) is 0 Å². The van der Waals surface area contributed by atoms with Gasteiger partial charge in [0.05, 0.1) is 6.67 Å². The molecule has 0 aromatic rings. The van der Waals surface area contributed by atoms with Crippen LogP contribution in [0, 0.1) is 0 Å². The summed E-state index contributed by atoms with van der Waals surface area (Å²) in [5.74, 6) is -0.0306. The van der Waals surface area contributed by atoms with E-state index in [1.165, 1.54) is 4.90 Å². The summed E-state index contributed by atoms with van der Waals surface area (Å²) < 4.78 is 0. The topological polar surface area (TPSA) is 64.7 Å². The number of imide groups is 1. The Bertz CT molecular complexity index is 386. The molecule has 0 atom stereocenters. The van der Waals surface area contributed by atoms with Crippen molar-refractivity contribution in [3.05, 3.63) is 0 Å². The van der Waals surface area contributed by atoms with Crippen molar-refractivity contribution < 1.29 is 9.59 Å². The Labute approximate surface area is 133 Å². The lowest BCUT2D eigenvalue weighted by Gasteiger charge is -2.32. The molecule has 0 aliphatic carbocycles. The third-order valence-corrected chi connectivity index (χ3v) is 4.70. The van der Waals surface area contributed by atoms with Crippen LogP contribution in [0.4, 0.5) is 4.79 Å². The molecule has 6 heteroatoms. The number of rotatable bonds is 8. The molecule has 2 aliphatic rings. The Morgan fingerprint density at radius 3 is 2.23 bits per heavy atom. The van der Waals surface area contributed by atoms with Crippen molar-refractivity contribution in [3.63, 3.8) is 0 Å². The molecule has 0 saturated carbocycles. The van der Waals surface area contributed by atoms with Gasteiger partial charge in [0, 0.05) is 0 Å². The number of piperidine rings is 1. The summed E-state index contributed by atoms with van der Waals surface area (Å²) >= 11 is 0. The van der Waals surface area contributed by atoms with Crippen LogP contribution in [0.25, 0.3) is 0 Å². The van der Waals surface area contributed by atoms with Crippen LogP contribution in [0.15, 0.2) is 0 Å². The van der Waals surface area contributed by atoms with Gasteiger partial charge in [-0.1, -0.05) is 26.7 Å². The van der Waals surface area contributed by atoms with Gasteiger partial charge in [-0.25, -0.2) is 9.69 Å². The summed E-state index contributed by atoms with van der Waals surface area (Å²) in [5, 5.41) is 6.21.